The Balaban J connectivity index is 1.68. The molecule has 4 rings (SSSR count). The number of aliphatic hydroxyl groups excluding tert-OH is 1. The van der Waals surface area contributed by atoms with Gasteiger partial charge in [0.1, 0.15) is 11.5 Å². The maximum atomic E-state index is 15.0. The number of likely N-dealkylation sites (tertiary alicyclic amines) is 1. The number of aromatic nitrogens is 3. The van der Waals surface area contributed by atoms with E-state index in [1.807, 2.05) is 11.8 Å². The van der Waals surface area contributed by atoms with Gasteiger partial charge in [0.15, 0.2) is 11.9 Å². The van der Waals surface area contributed by atoms with Gasteiger partial charge in [-0.1, -0.05) is 19.8 Å². The molecule has 2 aromatic heterocycles. The van der Waals surface area contributed by atoms with Crippen molar-refractivity contribution in [1.82, 2.24) is 19.5 Å². The molecule has 1 saturated heterocycles. The second-order valence-corrected chi connectivity index (χ2v) is 9.01. The van der Waals surface area contributed by atoms with Crippen molar-refractivity contribution in [2.45, 2.75) is 58.3 Å². The van der Waals surface area contributed by atoms with Gasteiger partial charge in [0.25, 0.3) is 5.91 Å². The fourth-order valence-electron chi connectivity index (χ4n) is 4.55. The molecular formula is C25H32FN5O3. The van der Waals surface area contributed by atoms with E-state index in [1.54, 1.807) is 40.7 Å². The zero-order chi connectivity index (χ0) is 24.4. The van der Waals surface area contributed by atoms with Crippen LogP contribution < -0.4 is 4.90 Å². The highest BCUT2D eigenvalue weighted by Gasteiger charge is 2.25. The van der Waals surface area contributed by atoms with E-state index in [4.69, 9.17) is 10.2 Å². The Kier molecular flexibility index (Phi) is 7.13. The van der Waals surface area contributed by atoms with Crippen molar-refractivity contribution in [1.29, 1.82) is 0 Å². The summed E-state index contributed by atoms with van der Waals surface area (Å²) in [6.07, 6.45) is 3.38. The van der Waals surface area contributed by atoms with Crippen LogP contribution in [0.5, 0.6) is 0 Å². The third-order valence-corrected chi connectivity index (χ3v) is 6.50. The standard InChI is InChI=1S/C25H32FN5O3/c1-4-17-13-22(25(34)30-11-7-5-6-8-16(30)2)27-23-14-21(28-31(17)23)19-10-9-18(12-20(19)26)29(3)15-24(32)33/h9-10,12-14,16,24,32-33H,4-8,11,15H2,1-3H3/t16-/m1/s1. The third-order valence-electron chi connectivity index (χ3n) is 6.50. The average Bonchev–Trinajstić information content (AvgIpc) is 3.11. The lowest BCUT2D eigenvalue weighted by molar-refractivity contribution is -0.0315. The van der Waals surface area contributed by atoms with E-state index in [9.17, 15) is 9.18 Å². The van der Waals surface area contributed by atoms with Crippen molar-refractivity contribution in [3.63, 3.8) is 0 Å². The molecule has 1 atom stereocenters. The number of halogens is 1. The summed E-state index contributed by atoms with van der Waals surface area (Å²) in [5.41, 5.74) is 2.97. The molecule has 1 aliphatic heterocycles. The smallest absolute Gasteiger partial charge is 0.272 e. The molecule has 8 nitrogen and oxygen atoms in total. The van der Waals surface area contributed by atoms with Gasteiger partial charge in [-0.3, -0.25) is 4.79 Å². The molecule has 2 N–H and O–H groups in total. The minimum atomic E-state index is -1.51. The lowest BCUT2D eigenvalue weighted by Crippen LogP contribution is -2.38. The van der Waals surface area contributed by atoms with E-state index >= 15 is 0 Å². The summed E-state index contributed by atoms with van der Waals surface area (Å²) in [5.74, 6) is -0.549. The summed E-state index contributed by atoms with van der Waals surface area (Å²) in [7, 11) is 1.65. The van der Waals surface area contributed by atoms with Crippen LogP contribution in [0, 0.1) is 5.82 Å². The van der Waals surface area contributed by atoms with Crippen LogP contribution in [0.15, 0.2) is 30.3 Å². The molecule has 0 bridgehead atoms. The summed E-state index contributed by atoms with van der Waals surface area (Å²) >= 11 is 0. The first-order chi connectivity index (χ1) is 16.3. The predicted molar refractivity (Wildman–Crippen MR) is 128 cm³/mol. The first kappa shape index (κ1) is 24.1. The summed E-state index contributed by atoms with van der Waals surface area (Å²) in [6.45, 7) is 4.77. The lowest BCUT2D eigenvalue weighted by Gasteiger charge is -2.27. The van der Waals surface area contributed by atoms with Gasteiger partial charge in [-0.15, -0.1) is 0 Å². The highest BCUT2D eigenvalue weighted by molar-refractivity contribution is 5.93. The third kappa shape index (κ3) is 4.90. The molecule has 0 radical (unpaired) electrons. The molecule has 1 aromatic carbocycles. The van der Waals surface area contributed by atoms with Crippen molar-refractivity contribution in [2.24, 2.45) is 0 Å². The van der Waals surface area contributed by atoms with Crippen LogP contribution in [-0.4, -0.2) is 68.1 Å². The van der Waals surface area contributed by atoms with Gasteiger partial charge >= 0.3 is 0 Å². The number of anilines is 1. The van der Waals surface area contributed by atoms with Crippen molar-refractivity contribution in [3.05, 3.63) is 47.5 Å². The predicted octanol–water partition coefficient (Wildman–Crippen LogP) is 3.25. The second kappa shape index (κ2) is 10.1. The molecule has 0 spiro atoms. The fourth-order valence-corrected chi connectivity index (χ4v) is 4.55. The van der Waals surface area contributed by atoms with Crippen molar-refractivity contribution in [2.75, 3.05) is 25.0 Å². The number of fused-ring (bicyclic) bond motifs is 1. The first-order valence-electron chi connectivity index (χ1n) is 11.9. The van der Waals surface area contributed by atoms with Crippen LogP contribution in [0.4, 0.5) is 10.1 Å². The van der Waals surface area contributed by atoms with Gasteiger partial charge in [-0.25, -0.2) is 13.9 Å². The zero-order valence-electron chi connectivity index (χ0n) is 19.9. The monoisotopic (exact) mass is 469 g/mol. The minimum Gasteiger partial charge on any atom is -0.369 e. The van der Waals surface area contributed by atoms with E-state index in [0.29, 0.717) is 34.7 Å². The lowest BCUT2D eigenvalue weighted by atomic mass is 10.1. The molecule has 3 aromatic rings. The van der Waals surface area contributed by atoms with Gasteiger partial charge < -0.3 is 20.0 Å². The second-order valence-electron chi connectivity index (χ2n) is 9.01. The number of benzene rings is 1. The van der Waals surface area contributed by atoms with Crippen molar-refractivity contribution >= 4 is 17.2 Å². The highest BCUT2D eigenvalue weighted by Crippen LogP contribution is 2.27. The Morgan fingerprint density at radius 2 is 2.03 bits per heavy atom. The van der Waals surface area contributed by atoms with Gasteiger partial charge in [0, 0.05) is 42.6 Å². The average molecular weight is 470 g/mol. The Labute approximate surface area is 198 Å². The van der Waals surface area contributed by atoms with Crippen LogP contribution in [0.25, 0.3) is 16.9 Å². The normalized spacial score (nSPS) is 16.8. The quantitative estimate of drug-likeness (QED) is 0.539. The van der Waals surface area contributed by atoms with E-state index in [2.05, 4.69) is 17.0 Å². The molecule has 9 heteroatoms. The fraction of sp³-hybridized carbons (Fsp3) is 0.480. The van der Waals surface area contributed by atoms with E-state index in [0.717, 1.165) is 37.9 Å². The number of carbonyl (C=O) groups is 1. The number of hydrogen-bond donors (Lipinski definition) is 2. The van der Waals surface area contributed by atoms with Crippen LogP contribution >= 0.6 is 0 Å². The molecule has 0 unspecified atom stereocenters. The van der Waals surface area contributed by atoms with Crippen LogP contribution in [0.3, 0.4) is 0 Å². The molecule has 0 saturated carbocycles. The maximum Gasteiger partial charge on any atom is 0.272 e. The first-order valence-corrected chi connectivity index (χ1v) is 11.9. The number of nitrogens with zero attached hydrogens (tertiary/aromatic N) is 5. The summed E-state index contributed by atoms with van der Waals surface area (Å²) in [5, 5.41) is 22.9. The van der Waals surface area contributed by atoms with Gasteiger partial charge in [-0.2, -0.15) is 5.10 Å². The zero-order valence-corrected chi connectivity index (χ0v) is 19.9. The summed E-state index contributed by atoms with van der Waals surface area (Å²) in [4.78, 5) is 21.4. The molecule has 0 aliphatic carbocycles. The molecule has 3 heterocycles. The Morgan fingerprint density at radius 3 is 2.74 bits per heavy atom. The van der Waals surface area contributed by atoms with E-state index in [1.165, 1.54) is 6.07 Å². The Hall–Kier alpha value is -3.04. The van der Waals surface area contributed by atoms with Crippen LogP contribution in [0.1, 0.15) is 55.7 Å². The molecule has 182 valence electrons. The van der Waals surface area contributed by atoms with Gasteiger partial charge in [0.05, 0.1) is 12.2 Å². The van der Waals surface area contributed by atoms with Gasteiger partial charge in [0.2, 0.25) is 0 Å². The molecule has 1 aliphatic rings. The number of likely N-dealkylation sites (N-methyl/N-ethyl adjacent to an activating group) is 1. The topological polar surface area (TPSA) is 94.2 Å². The number of amides is 1. The van der Waals surface area contributed by atoms with Gasteiger partial charge in [-0.05, 0) is 50.5 Å². The van der Waals surface area contributed by atoms with Crippen LogP contribution in [-0.2, 0) is 6.42 Å². The largest absolute Gasteiger partial charge is 0.369 e. The van der Waals surface area contributed by atoms with Crippen molar-refractivity contribution < 1.29 is 19.4 Å². The number of hydrogen-bond acceptors (Lipinski definition) is 6. The maximum absolute atomic E-state index is 15.0. The number of rotatable bonds is 6. The molecule has 34 heavy (non-hydrogen) atoms. The van der Waals surface area contributed by atoms with E-state index in [-0.39, 0.29) is 18.5 Å². The molecule has 1 fully saturated rings. The van der Waals surface area contributed by atoms with E-state index < -0.39 is 12.1 Å². The summed E-state index contributed by atoms with van der Waals surface area (Å²) < 4.78 is 16.7. The molecule has 1 amide bonds. The Morgan fingerprint density at radius 1 is 1.24 bits per heavy atom. The SMILES string of the molecule is CCc1cc(C(=O)N2CCCCC[C@H]2C)nc2cc(-c3ccc(N(C)CC(O)O)cc3F)nn12. The number of aryl methyl sites for hydroxylation is 1. The molecular weight excluding hydrogens is 437 g/mol. The Bertz CT molecular complexity index is 1180. The summed E-state index contributed by atoms with van der Waals surface area (Å²) in [6, 6.07) is 8.32. The number of aliphatic hydroxyl groups is 2. The minimum absolute atomic E-state index is 0.0383. The highest BCUT2D eigenvalue weighted by atomic mass is 19.1. The number of carbonyl (C=O) groups excluding carboxylic acids is 1. The van der Waals surface area contributed by atoms with Crippen molar-refractivity contribution in [3.8, 4) is 11.3 Å². The van der Waals surface area contributed by atoms with Crippen LogP contribution in [0.2, 0.25) is 0 Å².